The first-order valence-electron chi connectivity index (χ1n) is 6.56. The van der Waals surface area contributed by atoms with Crippen molar-refractivity contribution in [2.75, 3.05) is 5.32 Å². The van der Waals surface area contributed by atoms with Gasteiger partial charge in [-0.25, -0.2) is 0 Å². The Hall–Kier alpha value is -2.36. The fourth-order valence-corrected chi connectivity index (χ4v) is 2.07. The monoisotopic (exact) mass is 270 g/mol. The van der Waals surface area contributed by atoms with Crippen molar-refractivity contribution in [1.29, 1.82) is 0 Å². The molecule has 1 aromatic heterocycles. The standard InChI is InChI=1S/C16H18N2O2/c1-11(2)12-7-4-5-9-14(12)17-15(19)13-8-6-10-18(3)16(13)20/h4-11H,1-3H3,(H,17,19). The van der Waals surface area contributed by atoms with Crippen LogP contribution in [-0.2, 0) is 7.05 Å². The highest BCUT2D eigenvalue weighted by molar-refractivity contribution is 6.04. The van der Waals surface area contributed by atoms with Crippen LogP contribution in [0.4, 0.5) is 5.69 Å². The van der Waals surface area contributed by atoms with Gasteiger partial charge < -0.3 is 9.88 Å². The molecule has 0 aliphatic rings. The predicted octanol–water partition coefficient (Wildman–Crippen LogP) is 2.76. The van der Waals surface area contributed by atoms with Gasteiger partial charge in [-0.2, -0.15) is 0 Å². The number of carbonyl (C=O) groups excluding carboxylic acids is 1. The molecule has 2 rings (SSSR count). The van der Waals surface area contributed by atoms with Crippen molar-refractivity contribution in [2.24, 2.45) is 7.05 Å². The van der Waals surface area contributed by atoms with Crippen LogP contribution in [0.5, 0.6) is 0 Å². The van der Waals surface area contributed by atoms with E-state index in [1.54, 1.807) is 19.3 Å². The summed E-state index contributed by atoms with van der Waals surface area (Å²) in [5, 5.41) is 2.82. The van der Waals surface area contributed by atoms with Crippen molar-refractivity contribution in [3.05, 3.63) is 64.1 Å². The van der Waals surface area contributed by atoms with Crippen molar-refractivity contribution >= 4 is 11.6 Å². The Kier molecular flexibility index (Phi) is 4.03. The van der Waals surface area contributed by atoms with E-state index in [9.17, 15) is 9.59 Å². The van der Waals surface area contributed by atoms with E-state index in [0.717, 1.165) is 11.3 Å². The van der Waals surface area contributed by atoms with Gasteiger partial charge in [0.05, 0.1) is 0 Å². The Morgan fingerprint density at radius 2 is 1.85 bits per heavy atom. The fourth-order valence-electron chi connectivity index (χ4n) is 2.07. The molecule has 4 heteroatoms. The number of hydrogen-bond acceptors (Lipinski definition) is 2. The van der Waals surface area contributed by atoms with Gasteiger partial charge in [0, 0.05) is 18.9 Å². The summed E-state index contributed by atoms with van der Waals surface area (Å²) in [6.45, 7) is 4.12. The Bertz CT molecular complexity index is 687. The van der Waals surface area contributed by atoms with E-state index in [-0.39, 0.29) is 17.0 Å². The molecule has 20 heavy (non-hydrogen) atoms. The SMILES string of the molecule is CC(C)c1ccccc1NC(=O)c1cccn(C)c1=O. The van der Waals surface area contributed by atoms with Gasteiger partial charge in [0.1, 0.15) is 5.56 Å². The molecule has 0 fully saturated rings. The molecule has 0 atom stereocenters. The minimum atomic E-state index is -0.376. The number of rotatable bonds is 3. The highest BCUT2D eigenvalue weighted by atomic mass is 16.2. The van der Waals surface area contributed by atoms with E-state index in [2.05, 4.69) is 19.2 Å². The number of para-hydroxylation sites is 1. The Morgan fingerprint density at radius 1 is 1.15 bits per heavy atom. The number of aromatic nitrogens is 1. The topological polar surface area (TPSA) is 51.1 Å². The Labute approximate surface area is 118 Å². The molecule has 0 aliphatic carbocycles. The number of pyridine rings is 1. The summed E-state index contributed by atoms with van der Waals surface area (Å²) in [7, 11) is 1.63. The molecule has 0 saturated heterocycles. The number of amides is 1. The van der Waals surface area contributed by atoms with Crippen molar-refractivity contribution in [3.63, 3.8) is 0 Å². The molecule has 0 unspecified atom stereocenters. The quantitative estimate of drug-likeness (QED) is 0.932. The minimum absolute atomic E-state index is 0.147. The molecular weight excluding hydrogens is 252 g/mol. The smallest absolute Gasteiger partial charge is 0.263 e. The second-order valence-corrected chi connectivity index (χ2v) is 5.03. The van der Waals surface area contributed by atoms with E-state index < -0.39 is 0 Å². The second kappa shape index (κ2) is 5.74. The highest BCUT2D eigenvalue weighted by Crippen LogP contribution is 2.23. The lowest BCUT2D eigenvalue weighted by Crippen LogP contribution is -2.27. The van der Waals surface area contributed by atoms with E-state index in [1.807, 2.05) is 24.3 Å². The highest BCUT2D eigenvalue weighted by Gasteiger charge is 2.13. The van der Waals surface area contributed by atoms with Crippen LogP contribution in [0.15, 0.2) is 47.4 Å². The summed E-state index contributed by atoms with van der Waals surface area (Å²) in [4.78, 5) is 24.2. The Balaban J connectivity index is 2.33. The van der Waals surface area contributed by atoms with E-state index in [1.165, 1.54) is 10.6 Å². The molecule has 1 aromatic carbocycles. The number of nitrogens with one attached hydrogen (secondary N) is 1. The predicted molar refractivity (Wildman–Crippen MR) is 80.2 cm³/mol. The summed E-state index contributed by atoms with van der Waals surface area (Å²) < 4.78 is 1.39. The molecule has 0 spiro atoms. The molecule has 1 amide bonds. The van der Waals surface area contributed by atoms with Crippen molar-refractivity contribution < 1.29 is 4.79 Å². The fraction of sp³-hybridized carbons (Fsp3) is 0.250. The van der Waals surface area contributed by atoms with E-state index in [0.29, 0.717) is 5.92 Å². The van der Waals surface area contributed by atoms with Gasteiger partial charge in [-0.15, -0.1) is 0 Å². The third-order valence-corrected chi connectivity index (χ3v) is 3.20. The van der Waals surface area contributed by atoms with Crippen LogP contribution in [0.25, 0.3) is 0 Å². The lowest BCUT2D eigenvalue weighted by Gasteiger charge is -2.13. The van der Waals surface area contributed by atoms with Crippen LogP contribution >= 0.6 is 0 Å². The zero-order valence-corrected chi connectivity index (χ0v) is 11.9. The number of hydrogen-bond donors (Lipinski definition) is 1. The maximum atomic E-state index is 12.2. The molecule has 1 N–H and O–H groups in total. The average Bonchev–Trinajstić information content (AvgIpc) is 2.42. The summed E-state index contributed by atoms with van der Waals surface area (Å²) in [5.41, 5.74) is 1.65. The summed E-state index contributed by atoms with van der Waals surface area (Å²) >= 11 is 0. The van der Waals surface area contributed by atoms with Gasteiger partial charge in [0.25, 0.3) is 11.5 Å². The molecule has 0 aliphatic heterocycles. The first-order valence-corrected chi connectivity index (χ1v) is 6.56. The van der Waals surface area contributed by atoms with E-state index >= 15 is 0 Å². The lowest BCUT2D eigenvalue weighted by molar-refractivity contribution is 0.102. The molecule has 4 nitrogen and oxygen atoms in total. The molecular formula is C16H18N2O2. The third kappa shape index (κ3) is 2.79. The normalized spacial score (nSPS) is 10.6. The lowest BCUT2D eigenvalue weighted by atomic mass is 10.0. The van der Waals surface area contributed by atoms with Crippen LogP contribution < -0.4 is 10.9 Å². The van der Waals surface area contributed by atoms with Gasteiger partial charge >= 0.3 is 0 Å². The van der Waals surface area contributed by atoms with Crippen molar-refractivity contribution in [3.8, 4) is 0 Å². The van der Waals surface area contributed by atoms with Gasteiger partial charge in [-0.1, -0.05) is 32.0 Å². The van der Waals surface area contributed by atoms with Crippen molar-refractivity contribution in [2.45, 2.75) is 19.8 Å². The molecule has 104 valence electrons. The minimum Gasteiger partial charge on any atom is -0.322 e. The van der Waals surface area contributed by atoms with Crippen LogP contribution in [-0.4, -0.2) is 10.5 Å². The number of anilines is 1. The maximum absolute atomic E-state index is 12.2. The van der Waals surface area contributed by atoms with Crippen molar-refractivity contribution in [1.82, 2.24) is 4.57 Å². The average molecular weight is 270 g/mol. The number of nitrogens with zero attached hydrogens (tertiary/aromatic N) is 1. The van der Waals surface area contributed by atoms with E-state index in [4.69, 9.17) is 0 Å². The zero-order chi connectivity index (χ0) is 14.7. The van der Waals surface area contributed by atoms with Crippen LogP contribution in [0.1, 0.15) is 35.7 Å². The summed E-state index contributed by atoms with van der Waals surface area (Å²) in [6, 6.07) is 10.8. The summed E-state index contributed by atoms with van der Waals surface area (Å²) in [5.74, 6) is -0.0793. The second-order valence-electron chi connectivity index (χ2n) is 5.03. The van der Waals surface area contributed by atoms with Gasteiger partial charge in [-0.05, 0) is 29.7 Å². The zero-order valence-electron chi connectivity index (χ0n) is 11.9. The number of benzene rings is 1. The van der Waals surface area contributed by atoms with Gasteiger partial charge in [-0.3, -0.25) is 9.59 Å². The molecule has 1 heterocycles. The van der Waals surface area contributed by atoms with Crippen LogP contribution in [0.2, 0.25) is 0 Å². The largest absolute Gasteiger partial charge is 0.322 e. The number of aryl methyl sites for hydroxylation is 1. The maximum Gasteiger partial charge on any atom is 0.263 e. The molecule has 2 aromatic rings. The molecule has 0 bridgehead atoms. The van der Waals surface area contributed by atoms with Crippen LogP contribution in [0, 0.1) is 0 Å². The third-order valence-electron chi connectivity index (χ3n) is 3.20. The molecule has 0 radical (unpaired) electrons. The van der Waals surface area contributed by atoms with Crippen LogP contribution in [0.3, 0.4) is 0 Å². The van der Waals surface area contributed by atoms with Gasteiger partial charge in [0.15, 0.2) is 0 Å². The first-order chi connectivity index (χ1) is 9.50. The van der Waals surface area contributed by atoms with Gasteiger partial charge in [0.2, 0.25) is 0 Å². The first kappa shape index (κ1) is 14.1. The Morgan fingerprint density at radius 3 is 2.55 bits per heavy atom. The summed E-state index contributed by atoms with van der Waals surface area (Å²) in [6.07, 6.45) is 1.63. The number of carbonyl (C=O) groups is 1. The molecule has 0 saturated carbocycles.